The molecule has 0 aliphatic heterocycles. The minimum atomic E-state index is -2.83. The molecule has 5 heterocycles. The van der Waals surface area contributed by atoms with Crippen LogP contribution in [0.2, 0.25) is 0 Å². The van der Waals surface area contributed by atoms with Gasteiger partial charge in [-0.2, -0.15) is 9.97 Å². The fraction of sp³-hybridized carbons (Fsp3) is 0. The highest BCUT2D eigenvalue weighted by atomic mass is 28.3. The predicted octanol–water partition coefficient (Wildman–Crippen LogP) is 15.8. The molecule has 17 aromatic rings. The zero-order valence-electron chi connectivity index (χ0n) is 44.8. The fourth-order valence-electron chi connectivity index (χ4n) is 13.5. The quantitative estimate of drug-likeness (QED) is 0.107. The van der Waals surface area contributed by atoms with Crippen molar-refractivity contribution >= 4 is 116 Å². The Bertz CT molecular complexity index is 5020. The third-order valence-corrected chi connectivity index (χ3v) is 21.9. The molecular formula is C75H48N6OSi. The monoisotopic (exact) mass is 1080 g/mol. The van der Waals surface area contributed by atoms with Gasteiger partial charge in [0.15, 0.2) is 19.7 Å². The second-order valence-electron chi connectivity index (χ2n) is 21.5. The van der Waals surface area contributed by atoms with E-state index in [1.807, 2.05) is 24.3 Å². The van der Waals surface area contributed by atoms with E-state index in [0.29, 0.717) is 17.6 Å². The number of fused-ring (bicyclic) bond motifs is 12. The van der Waals surface area contributed by atoms with E-state index in [4.69, 9.17) is 19.4 Å². The Morgan fingerprint density at radius 1 is 0.277 bits per heavy atom. The maximum absolute atomic E-state index is 6.52. The topological polar surface area (TPSA) is 66.6 Å². The lowest BCUT2D eigenvalue weighted by Crippen LogP contribution is -2.74. The Labute approximate surface area is 477 Å². The van der Waals surface area contributed by atoms with Crippen molar-refractivity contribution in [1.29, 1.82) is 0 Å². The van der Waals surface area contributed by atoms with Gasteiger partial charge in [0.25, 0.3) is 0 Å². The van der Waals surface area contributed by atoms with Crippen LogP contribution in [0.4, 0.5) is 0 Å². The van der Waals surface area contributed by atoms with Crippen LogP contribution in [0.15, 0.2) is 296 Å². The van der Waals surface area contributed by atoms with E-state index >= 15 is 0 Å². The number of benzene rings is 12. The highest BCUT2D eigenvalue weighted by molar-refractivity contribution is 7.19. The molecule has 0 N–H and O–H groups in total. The first-order valence-corrected chi connectivity index (χ1v) is 30.2. The Hall–Kier alpha value is -10.9. The SMILES string of the molecule is c1ccc([Si](c2ccccc2)(c2ccccc2)c2ccc(-c3nc(-c4cccc5oc6ccccc6c45)nc(-n4c5ccc(-n6c7ccccc7c7ccccc76)cc5c5cc(-n6c7ccccc7c7ccccc76)ccc54)n3)cc2)cc1. The molecule has 0 fully saturated rings. The average molecular weight is 1080 g/mol. The molecule has 8 heteroatoms. The van der Waals surface area contributed by atoms with Crippen molar-refractivity contribution in [1.82, 2.24) is 28.7 Å². The van der Waals surface area contributed by atoms with Gasteiger partial charge in [0.2, 0.25) is 5.95 Å². The van der Waals surface area contributed by atoms with Crippen LogP contribution in [-0.2, 0) is 0 Å². The first-order chi connectivity index (χ1) is 41.2. The van der Waals surface area contributed by atoms with E-state index in [9.17, 15) is 0 Å². The van der Waals surface area contributed by atoms with Crippen LogP contribution in [0.25, 0.3) is 127 Å². The van der Waals surface area contributed by atoms with Gasteiger partial charge in [0, 0.05) is 65.6 Å². The van der Waals surface area contributed by atoms with Gasteiger partial charge in [0.05, 0.1) is 33.1 Å². The molecule has 0 bridgehead atoms. The summed E-state index contributed by atoms with van der Waals surface area (Å²) in [4.78, 5) is 16.7. The molecule has 0 amide bonds. The molecule has 0 unspecified atom stereocenters. The Morgan fingerprint density at radius 3 is 1.17 bits per heavy atom. The Balaban J connectivity index is 0.931. The predicted molar refractivity (Wildman–Crippen MR) is 345 cm³/mol. The number of hydrogen-bond donors (Lipinski definition) is 0. The minimum absolute atomic E-state index is 0.509. The fourth-order valence-corrected chi connectivity index (χ4v) is 18.2. The molecule has 0 atom stereocenters. The molecule has 0 spiro atoms. The van der Waals surface area contributed by atoms with Gasteiger partial charge < -0.3 is 13.6 Å². The van der Waals surface area contributed by atoms with Gasteiger partial charge in [-0.1, -0.05) is 218 Å². The molecule has 7 nitrogen and oxygen atoms in total. The van der Waals surface area contributed by atoms with Crippen LogP contribution in [0.5, 0.6) is 0 Å². The summed E-state index contributed by atoms with van der Waals surface area (Å²) >= 11 is 0. The van der Waals surface area contributed by atoms with Crippen molar-refractivity contribution in [2.45, 2.75) is 0 Å². The van der Waals surface area contributed by atoms with Gasteiger partial charge in [-0.05, 0) is 93.5 Å². The number of para-hydroxylation sites is 5. The second-order valence-corrected chi connectivity index (χ2v) is 25.3. The second kappa shape index (κ2) is 18.6. The minimum Gasteiger partial charge on any atom is -0.456 e. The third-order valence-electron chi connectivity index (χ3n) is 17.1. The normalized spacial score (nSPS) is 12.1. The van der Waals surface area contributed by atoms with Gasteiger partial charge in [-0.15, -0.1) is 0 Å². The lowest BCUT2D eigenvalue weighted by molar-refractivity contribution is 0.669. The molecule has 0 saturated carbocycles. The summed E-state index contributed by atoms with van der Waals surface area (Å²) in [5.74, 6) is 1.62. The smallest absolute Gasteiger partial charge is 0.238 e. The van der Waals surface area contributed by atoms with E-state index in [1.165, 1.54) is 42.3 Å². The van der Waals surface area contributed by atoms with Crippen molar-refractivity contribution in [3.63, 3.8) is 0 Å². The molecule has 388 valence electrons. The third kappa shape index (κ3) is 7.13. The summed E-state index contributed by atoms with van der Waals surface area (Å²) in [6.07, 6.45) is 0. The Kier molecular flexibility index (Phi) is 10.5. The summed E-state index contributed by atoms with van der Waals surface area (Å²) < 4.78 is 13.5. The maximum atomic E-state index is 6.52. The number of nitrogens with zero attached hydrogens (tertiary/aromatic N) is 6. The molecule has 17 rings (SSSR count). The van der Waals surface area contributed by atoms with Crippen molar-refractivity contribution in [3.05, 3.63) is 291 Å². The molecular weight excluding hydrogens is 1030 g/mol. The van der Waals surface area contributed by atoms with E-state index in [2.05, 4.69) is 281 Å². The van der Waals surface area contributed by atoms with Crippen LogP contribution < -0.4 is 20.7 Å². The van der Waals surface area contributed by atoms with Crippen LogP contribution in [0.1, 0.15) is 0 Å². The van der Waals surface area contributed by atoms with Crippen molar-refractivity contribution in [3.8, 4) is 40.1 Å². The van der Waals surface area contributed by atoms with E-state index in [-0.39, 0.29) is 0 Å². The zero-order valence-corrected chi connectivity index (χ0v) is 45.8. The van der Waals surface area contributed by atoms with Gasteiger partial charge in [0.1, 0.15) is 11.2 Å². The van der Waals surface area contributed by atoms with E-state index in [1.54, 1.807) is 0 Å². The van der Waals surface area contributed by atoms with Crippen LogP contribution in [-0.4, -0.2) is 36.7 Å². The summed E-state index contributed by atoms with van der Waals surface area (Å²) in [5.41, 5.74) is 12.0. The summed E-state index contributed by atoms with van der Waals surface area (Å²) in [7, 11) is -2.83. The number of rotatable bonds is 9. The summed E-state index contributed by atoms with van der Waals surface area (Å²) in [6.45, 7) is 0. The van der Waals surface area contributed by atoms with Crippen LogP contribution in [0, 0.1) is 0 Å². The first-order valence-electron chi connectivity index (χ1n) is 28.2. The number of hydrogen-bond acceptors (Lipinski definition) is 4. The van der Waals surface area contributed by atoms with Crippen molar-refractivity contribution < 1.29 is 4.42 Å². The highest BCUT2D eigenvalue weighted by Gasteiger charge is 2.41. The molecule has 5 aromatic heterocycles. The molecule has 0 aliphatic carbocycles. The lowest BCUT2D eigenvalue weighted by atomic mass is 10.1. The molecule has 12 aromatic carbocycles. The lowest BCUT2D eigenvalue weighted by Gasteiger charge is -2.34. The van der Waals surface area contributed by atoms with Gasteiger partial charge in [-0.3, -0.25) is 4.57 Å². The summed E-state index contributed by atoms with van der Waals surface area (Å²) in [5, 5.41) is 14.1. The first kappa shape index (κ1) is 46.9. The van der Waals surface area contributed by atoms with Crippen LogP contribution >= 0.6 is 0 Å². The van der Waals surface area contributed by atoms with Crippen molar-refractivity contribution in [2.24, 2.45) is 0 Å². The largest absolute Gasteiger partial charge is 0.456 e. The molecule has 83 heavy (non-hydrogen) atoms. The highest BCUT2D eigenvalue weighted by Crippen LogP contribution is 2.41. The Morgan fingerprint density at radius 2 is 0.675 bits per heavy atom. The van der Waals surface area contributed by atoms with E-state index in [0.717, 1.165) is 88.3 Å². The number of furan rings is 1. The average Bonchev–Trinajstić information content (AvgIpc) is 3.20. The summed E-state index contributed by atoms with van der Waals surface area (Å²) in [6, 6.07) is 105. The van der Waals surface area contributed by atoms with Crippen LogP contribution in [0.3, 0.4) is 0 Å². The van der Waals surface area contributed by atoms with E-state index < -0.39 is 8.07 Å². The molecule has 0 aliphatic rings. The molecule has 0 radical (unpaired) electrons. The maximum Gasteiger partial charge on any atom is 0.238 e. The number of aromatic nitrogens is 6. The van der Waals surface area contributed by atoms with Gasteiger partial charge in [-0.25, -0.2) is 4.98 Å². The zero-order chi connectivity index (χ0) is 54.6. The van der Waals surface area contributed by atoms with Crippen molar-refractivity contribution in [2.75, 3.05) is 0 Å². The molecule has 0 saturated heterocycles. The van der Waals surface area contributed by atoms with Gasteiger partial charge >= 0.3 is 0 Å². The standard InChI is InChI=1S/C75H48N6OSi/c1-4-21-52(22-5-1)83(53-23-6-2-7-24-53,54-25-8-3-9-26-54)55-43-39-49(40-44-55)73-76-74(61-32-20-38-71-72(61)60-31-14-19-37-70(60)82-71)78-75(77-73)81-68-45-41-50(79-64-33-15-10-27-56(64)57-28-11-16-34-65(57)79)47-62(68)63-48-51(42-46-69(63)81)80-66-35-17-12-29-58(66)59-30-13-18-36-67(59)80/h1-48H.